The van der Waals surface area contributed by atoms with Gasteiger partial charge in [0.1, 0.15) is 17.3 Å². The summed E-state index contributed by atoms with van der Waals surface area (Å²) in [4.78, 5) is 11.2. The van der Waals surface area contributed by atoms with E-state index in [9.17, 15) is 13.6 Å². The molecule has 19 heavy (non-hydrogen) atoms. The minimum atomic E-state index is -1.09. The number of carboxylic acid groups (broad SMARTS) is 1. The van der Waals surface area contributed by atoms with Crippen LogP contribution in [0.15, 0.2) is 30.3 Å². The quantitative estimate of drug-likeness (QED) is 0.921. The largest absolute Gasteiger partial charge is 0.477 e. The van der Waals surface area contributed by atoms with Crippen molar-refractivity contribution in [1.82, 2.24) is 4.57 Å². The maximum atomic E-state index is 13.8. The summed E-state index contributed by atoms with van der Waals surface area (Å²) in [6.45, 7) is 0. The molecule has 1 aliphatic rings. The number of carboxylic acids is 1. The van der Waals surface area contributed by atoms with Crippen LogP contribution < -0.4 is 0 Å². The number of aromatic nitrogens is 1. The first-order valence-corrected chi connectivity index (χ1v) is 5.98. The van der Waals surface area contributed by atoms with Gasteiger partial charge in [0.25, 0.3) is 0 Å². The molecule has 0 radical (unpaired) electrons. The molecule has 0 amide bonds. The molecule has 1 N–H and O–H groups in total. The fourth-order valence-corrected chi connectivity index (χ4v) is 2.29. The average Bonchev–Trinajstić information content (AvgIpc) is 3.09. The van der Waals surface area contributed by atoms with Gasteiger partial charge in [-0.1, -0.05) is 6.07 Å². The zero-order valence-electron chi connectivity index (χ0n) is 9.94. The molecular formula is C14H11F2NO2. The van der Waals surface area contributed by atoms with E-state index < -0.39 is 17.6 Å². The molecule has 0 unspecified atom stereocenters. The molecule has 1 aromatic heterocycles. The number of hydrogen-bond acceptors (Lipinski definition) is 1. The summed E-state index contributed by atoms with van der Waals surface area (Å²) in [5, 5.41) is 9.13. The lowest BCUT2D eigenvalue weighted by Gasteiger charge is -2.11. The third-order valence-corrected chi connectivity index (χ3v) is 3.27. The Balaban J connectivity index is 2.23. The van der Waals surface area contributed by atoms with Crippen LogP contribution in [-0.2, 0) is 0 Å². The molecule has 0 aliphatic heterocycles. The molecule has 0 spiro atoms. The van der Waals surface area contributed by atoms with Crippen molar-refractivity contribution < 1.29 is 18.7 Å². The normalized spacial score (nSPS) is 14.6. The highest BCUT2D eigenvalue weighted by Crippen LogP contribution is 2.41. The van der Waals surface area contributed by atoms with E-state index in [1.165, 1.54) is 34.9 Å². The SMILES string of the molecule is O=C(O)c1ccc(-c2c(F)cccc2F)n1C1CC1. The summed E-state index contributed by atoms with van der Waals surface area (Å²) in [5.41, 5.74) is 0.192. The average molecular weight is 263 g/mol. The number of halogens is 2. The van der Waals surface area contributed by atoms with Crippen molar-refractivity contribution in [2.24, 2.45) is 0 Å². The fourth-order valence-electron chi connectivity index (χ4n) is 2.29. The summed E-state index contributed by atoms with van der Waals surface area (Å²) < 4.78 is 29.1. The Morgan fingerprint density at radius 2 is 1.79 bits per heavy atom. The second-order valence-electron chi connectivity index (χ2n) is 4.61. The second kappa shape index (κ2) is 4.19. The highest BCUT2D eigenvalue weighted by molar-refractivity contribution is 5.87. The van der Waals surface area contributed by atoms with Crippen LogP contribution in [0, 0.1) is 11.6 Å². The van der Waals surface area contributed by atoms with Crippen LogP contribution in [0.1, 0.15) is 29.4 Å². The first kappa shape index (κ1) is 11.9. The Bertz CT molecular complexity index is 639. The molecule has 1 aromatic carbocycles. The van der Waals surface area contributed by atoms with Crippen LogP contribution in [0.25, 0.3) is 11.3 Å². The Morgan fingerprint density at radius 1 is 1.16 bits per heavy atom. The summed E-state index contributed by atoms with van der Waals surface area (Å²) in [6.07, 6.45) is 1.66. The summed E-state index contributed by atoms with van der Waals surface area (Å²) in [6, 6.07) is 6.50. The molecule has 0 saturated heterocycles. The highest BCUT2D eigenvalue weighted by atomic mass is 19.1. The lowest BCUT2D eigenvalue weighted by molar-refractivity contribution is 0.0685. The molecule has 98 valence electrons. The van der Waals surface area contributed by atoms with E-state index in [-0.39, 0.29) is 23.0 Å². The number of hydrogen-bond donors (Lipinski definition) is 1. The Labute approximate surface area is 108 Å². The molecule has 1 aliphatic carbocycles. The Kier molecular flexibility index (Phi) is 2.62. The summed E-state index contributed by atoms with van der Waals surface area (Å²) in [5.74, 6) is -2.45. The molecular weight excluding hydrogens is 252 g/mol. The van der Waals surface area contributed by atoms with Gasteiger partial charge in [-0.15, -0.1) is 0 Å². The van der Waals surface area contributed by atoms with Gasteiger partial charge in [0.2, 0.25) is 0 Å². The van der Waals surface area contributed by atoms with E-state index in [1.807, 2.05) is 0 Å². The predicted octanol–water partition coefficient (Wildman–Crippen LogP) is 3.47. The molecule has 3 rings (SSSR count). The molecule has 0 atom stereocenters. The van der Waals surface area contributed by atoms with Crippen molar-refractivity contribution in [2.75, 3.05) is 0 Å². The van der Waals surface area contributed by atoms with Crippen molar-refractivity contribution >= 4 is 5.97 Å². The number of rotatable bonds is 3. The number of benzene rings is 1. The van der Waals surface area contributed by atoms with Crippen molar-refractivity contribution in [3.8, 4) is 11.3 Å². The maximum Gasteiger partial charge on any atom is 0.352 e. The molecule has 5 heteroatoms. The first-order chi connectivity index (χ1) is 9.09. The first-order valence-electron chi connectivity index (χ1n) is 5.98. The molecule has 1 saturated carbocycles. The zero-order chi connectivity index (χ0) is 13.6. The van der Waals surface area contributed by atoms with Crippen molar-refractivity contribution in [3.05, 3.63) is 47.7 Å². The lowest BCUT2D eigenvalue weighted by atomic mass is 10.1. The van der Waals surface area contributed by atoms with Crippen LogP contribution >= 0.6 is 0 Å². The predicted molar refractivity (Wildman–Crippen MR) is 65.0 cm³/mol. The topological polar surface area (TPSA) is 42.2 Å². The van der Waals surface area contributed by atoms with Gasteiger partial charge in [0, 0.05) is 6.04 Å². The van der Waals surface area contributed by atoms with Gasteiger partial charge in [0.15, 0.2) is 0 Å². The highest BCUT2D eigenvalue weighted by Gasteiger charge is 2.31. The standard InChI is InChI=1S/C14H11F2NO2/c15-9-2-1-3-10(16)13(9)11-6-7-12(14(18)19)17(11)8-4-5-8/h1-3,6-8H,4-5H2,(H,18,19). The second-order valence-corrected chi connectivity index (χ2v) is 4.61. The summed E-state index contributed by atoms with van der Waals surface area (Å²) in [7, 11) is 0. The van der Waals surface area contributed by atoms with Gasteiger partial charge in [-0.3, -0.25) is 0 Å². The van der Waals surface area contributed by atoms with Crippen molar-refractivity contribution in [1.29, 1.82) is 0 Å². The van der Waals surface area contributed by atoms with E-state index in [0.717, 1.165) is 12.8 Å². The minimum Gasteiger partial charge on any atom is -0.477 e. The molecule has 3 nitrogen and oxygen atoms in total. The van der Waals surface area contributed by atoms with Crippen LogP contribution in [0.2, 0.25) is 0 Å². The number of carbonyl (C=O) groups is 1. The molecule has 2 aromatic rings. The summed E-state index contributed by atoms with van der Waals surface area (Å²) >= 11 is 0. The van der Waals surface area contributed by atoms with Gasteiger partial charge >= 0.3 is 5.97 Å². The minimum absolute atomic E-state index is 0.0232. The molecule has 1 heterocycles. The van der Waals surface area contributed by atoms with E-state index in [4.69, 9.17) is 5.11 Å². The molecule has 0 bridgehead atoms. The smallest absolute Gasteiger partial charge is 0.352 e. The van der Waals surface area contributed by atoms with Crippen LogP contribution in [0.5, 0.6) is 0 Å². The van der Waals surface area contributed by atoms with E-state index >= 15 is 0 Å². The molecule has 1 fully saturated rings. The van der Waals surface area contributed by atoms with Gasteiger partial charge in [0.05, 0.1) is 11.3 Å². The van der Waals surface area contributed by atoms with Crippen LogP contribution in [-0.4, -0.2) is 15.6 Å². The Morgan fingerprint density at radius 3 is 2.32 bits per heavy atom. The fraction of sp³-hybridized carbons (Fsp3) is 0.214. The third kappa shape index (κ3) is 1.91. The third-order valence-electron chi connectivity index (χ3n) is 3.27. The monoisotopic (exact) mass is 263 g/mol. The van der Waals surface area contributed by atoms with Crippen LogP contribution in [0.4, 0.5) is 8.78 Å². The van der Waals surface area contributed by atoms with Gasteiger partial charge in [-0.2, -0.15) is 0 Å². The van der Waals surface area contributed by atoms with E-state index in [2.05, 4.69) is 0 Å². The van der Waals surface area contributed by atoms with Gasteiger partial charge < -0.3 is 9.67 Å². The number of aromatic carboxylic acids is 1. The van der Waals surface area contributed by atoms with E-state index in [1.54, 1.807) is 0 Å². The van der Waals surface area contributed by atoms with Crippen molar-refractivity contribution in [3.63, 3.8) is 0 Å². The van der Waals surface area contributed by atoms with Gasteiger partial charge in [-0.05, 0) is 37.1 Å². The maximum absolute atomic E-state index is 13.8. The Hall–Kier alpha value is -2.17. The number of nitrogens with zero attached hydrogens (tertiary/aromatic N) is 1. The van der Waals surface area contributed by atoms with E-state index in [0.29, 0.717) is 0 Å². The van der Waals surface area contributed by atoms with Crippen LogP contribution in [0.3, 0.4) is 0 Å². The zero-order valence-corrected chi connectivity index (χ0v) is 9.94. The lowest BCUT2D eigenvalue weighted by Crippen LogP contribution is -2.09. The van der Waals surface area contributed by atoms with Gasteiger partial charge in [-0.25, -0.2) is 13.6 Å². The van der Waals surface area contributed by atoms with Crippen molar-refractivity contribution in [2.45, 2.75) is 18.9 Å².